The Kier molecular flexibility index (Phi) is 4.68. The van der Waals surface area contributed by atoms with Crippen LogP contribution in [0.3, 0.4) is 0 Å². The first-order chi connectivity index (χ1) is 9.08. The van der Waals surface area contributed by atoms with Crippen LogP contribution in [0.25, 0.3) is 0 Å². The first kappa shape index (κ1) is 14.6. The van der Waals surface area contributed by atoms with Crippen molar-refractivity contribution in [3.8, 4) is 5.75 Å². The number of hydrogen-bond donors (Lipinski definition) is 0. The zero-order valence-corrected chi connectivity index (χ0v) is 12.7. The lowest BCUT2D eigenvalue weighted by Gasteiger charge is -2.26. The second kappa shape index (κ2) is 6.09. The molecule has 0 aromatic heterocycles. The molecule has 0 N–H and O–H groups in total. The average molecular weight is 349 g/mol. The molecule has 1 aliphatic carbocycles. The molecule has 1 saturated carbocycles. The maximum absolute atomic E-state index is 11.0. The highest BCUT2D eigenvalue weighted by Gasteiger charge is 2.34. The summed E-state index contributed by atoms with van der Waals surface area (Å²) in [4.78, 5) is 10.5. The van der Waals surface area contributed by atoms with Crippen LogP contribution in [0.2, 0.25) is 5.02 Å². The molecule has 0 atom stereocenters. The van der Waals surface area contributed by atoms with Gasteiger partial charge in [0.1, 0.15) is 0 Å². The Morgan fingerprint density at radius 2 is 2.11 bits per heavy atom. The van der Waals surface area contributed by atoms with E-state index in [-0.39, 0.29) is 21.9 Å². The van der Waals surface area contributed by atoms with Crippen molar-refractivity contribution in [2.45, 2.75) is 25.7 Å². The van der Waals surface area contributed by atoms with Gasteiger partial charge in [-0.15, -0.1) is 0 Å². The molecule has 0 bridgehead atoms. The van der Waals surface area contributed by atoms with E-state index in [1.807, 2.05) is 0 Å². The molecule has 0 heterocycles. The number of alkyl halides is 1. The smallest absolute Gasteiger partial charge is 0.312 e. The third kappa shape index (κ3) is 3.20. The normalized spacial score (nSPS) is 17.4. The van der Waals surface area contributed by atoms with E-state index in [1.54, 1.807) is 12.1 Å². The highest BCUT2D eigenvalue weighted by Crippen LogP contribution is 2.42. The summed E-state index contributed by atoms with van der Waals surface area (Å²) in [6.07, 6.45) is 4.52. The summed E-state index contributed by atoms with van der Waals surface area (Å²) in [7, 11) is 0. The number of nitro benzene ring substituents is 1. The number of halogens is 2. The Hall–Kier alpha value is -0.810. The Labute approximate surface area is 125 Å². The van der Waals surface area contributed by atoms with Gasteiger partial charge < -0.3 is 4.74 Å². The summed E-state index contributed by atoms with van der Waals surface area (Å²) in [5, 5.41) is 12.1. The summed E-state index contributed by atoms with van der Waals surface area (Å²) >= 11 is 9.53. The lowest BCUT2D eigenvalue weighted by Crippen LogP contribution is -2.27. The summed E-state index contributed by atoms with van der Waals surface area (Å²) in [6.45, 7) is 0.461. The van der Waals surface area contributed by atoms with Gasteiger partial charge in [0.25, 0.3) is 0 Å². The molecule has 0 saturated heterocycles. The van der Waals surface area contributed by atoms with Crippen LogP contribution >= 0.6 is 27.5 Å². The lowest BCUT2D eigenvalue weighted by molar-refractivity contribution is -0.385. The summed E-state index contributed by atoms with van der Waals surface area (Å²) < 4.78 is 5.70. The van der Waals surface area contributed by atoms with Crippen molar-refractivity contribution >= 4 is 33.2 Å². The summed E-state index contributed by atoms with van der Waals surface area (Å²) in [5.74, 6) is 0.182. The molecule has 4 nitrogen and oxygen atoms in total. The third-order valence-corrected chi connectivity index (χ3v) is 5.10. The van der Waals surface area contributed by atoms with Crippen molar-refractivity contribution in [3.05, 3.63) is 33.3 Å². The third-order valence-electron chi connectivity index (χ3n) is 3.61. The Morgan fingerprint density at radius 3 is 2.68 bits per heavy atom. The number of para-hydroxylation sites is 1. The molecule has 19 heavy (non-hydrogen) atoms. The molecule has 0 radical (unpaired) electrons. The first-order valence-electron chi connectivity index (χ1n) is 6.20. The molecular weight excluding hydrogens is 334 g/mol. The molecule has 1 aliphatic rings. The lowest BCUT2D eigenvalue weighted by atomic mass is 9.90. The van der Waals surface area contributed by atoms with Crippen LogP contribution in [-0.4, -0.2) is 16.9 Å². The van der Waals surface area contributed by atoms with Crippen molar-refractivity contribution in [1.29, 1.82) is 0 Å². The molecule has 1 aromatic rings. The fourth-order valence-electron chi connectivity index (χ4n) is 2.45. The van der Waals surface area contributed by atoms with Crippen LogP contribution in [-0.2, 0) is 0 Å². The van der Waals surface area contributed by atoms with Crippen molar-refractivity contribution in [1.82, 2.24) is 0 Å². The first-order valence-corrected chi connectivity index (χ1v) is 7.70. The zero-order valence-electron chi connectivity index (χ0n) is 10.4. The topological polar surface area (TPSA) is 52.4 Å². The minimum atomic E-state index is -0.462. The fourth-order valence-corrected chi connectivity index (χ4v) is 3.40. The van der Waals surface area contributed by atoms with Gasteiger partial charge in [-0.05, 0) is 18.9 Å². The van der Waals surface area contributed by atoms with Crippen LogP contribution in [0.5, 0.6) is 5.75 Å². The number of rotatable bonds is 5. The van der Waals surface area contributed by atoms with Gasteiger partial charge >= 0.3 is 5.69 Å². The summed E-state index contributed by atoms with van der Waals surface area (Å²) in [5.41, 5.74) is 0.00256. The number of nitro groups is 1. The number of ether oxygens (including phenoxy) is 1. The van der Waals surface area contributed by atoms with E-state index in [0.29, 0.717) is 6.61 Å². The minimum absolute atomic E-state index is 0.0739. The number of nitrogens with zero attached hydrogens (tertiary/aromatic N) is 1. The molecule has 1 aromatic carbocycles. The van der Waals surface area contributed by atoms with E-state index in [9.17, 15) is 10.1 Å². The number of hydrogen-bond acceptors (Lipinski definition) is 3. The van der Waals surface area contributed by atoms with Gasteiger partial charge in [0, 0.05) is 16.8 Å². The second-order valence-corrected chi connectivity index (χ2v) is 5.94. The van der Waals surface area contributed by atoms with Gasteiger partial charge in [-0.25, -0.2) is 0 Å². The summed E-state index contributed by atoms with van der Waals surface area (Å²) in [6, 6.07) is 4.58. The molecule has 2 rings (SSSR count). The van der Waals surface area contributed by atoms with Gasteiger partial charge in [0.15, 0.2) is 0 Å². The molecule has 0 aliphatic heterocycles. The monoisotopic (exact) mass is 347 g/mol. The SMILES string of the molecule is O=[N+]([O-])c1cccc(Cl)c1OCC1(CBr)CCCC1. The number of benzene rings is 1. The standard InChI is InChI=1S/C13H15BrClNO3/c14-8-13(6-1-2-7-13)9-19-12-10(15)4-3-5-11(12)16(17)18/h3-5H,1-2,6-9H2. The zero-order chi connectivity index (χ0) is 13.9. The van der Waals surface area contributed by atoms with E-state index in [2.05, 4.69) is 15.9 Å². The molecule has 0 amide bonds. The Morgan fingerprint density at radius 1 is 1.42 bits per heavy atom. The molecule has 0 spiro atoms. The van der Waals surface area contributed by atoms with E-state index >= 15 is 0 Å². The van der Waals surface area contributed by atoms with Crippen LogP contribution in [0, 0.1) is 15.5 Å². The van der Waals surface area contributed by atoms with E-state index in [1.165, 1.54) is 18.9 Å². The van der Waals surface area contributed by atoms with Crippen molar-refractivity contribution < 1.29 is 9.66 Å². The predicted molar refractivity (Wildman–Crippen MR) is 78.3 cm³/mol. The van der Waals surface area contributed by atoms with Gasteiger partial charge in [0.2, 0.25) is 5.75 Å². The van der Waals surface area contributed by atoms with Crippen LogP contribution < -0.4 is 4.74 Å². The Bertz CT molecular complexity index is 475. The van der Waals surface area contributed by atoms with E-state index in [0.717, 1.165) is 18.2 Å². The fraction of sp³-hybridized carbons (Fsp3) is 0.538. The molecule has 1 fully saturated rings. The largest absolute Gasteiger partial charge is 0.485 e. The van der Waals surface area contributed by atoms with Crippen molar-refractivity contribution in [2.75, 3.05) is 11.9 Å². The minimum Gasteiger partial charge on any atom is -0.485 e. The van der Waals surface area contributed by atoms with Gasteiger partial charge in [0.05, 0.1) is 16.6 Å². The van der Waals surface area contributed by atoms with Crippen LogP contribution in [0.15, 0.2) is 18.2 Å². The predicted octanol–water partition coefficient (Wildman–Crippen LogP) is 4.58. The van der Waals surface area contributed by atoms with Crippen LogP contribution in [0.4, 0.5) is 5.69 Å². The highest BCUT2D eigenvalue weighted by molar-refractivity contribution is 9.09. The van der Waals surface area contributed by atoms with E-state index < -0.39 is 4.92 Å². The highest BCUT2D eigenvalue weighted by atomic mass is 79.9. The van der Waals surface area contributed by atoms with Crippen molar-refractivity contribution in [2.24, 2.45) is 5.41 Å². The quantitative estimate of drug-likeness (QED) is 0.444. The molecule has 0 unspecified atom stereocenters. The maximum atomic E-state index is 11.0. The van der Waals surface area contributed by atoms with Gasteiger partial charge in [-0.1, -0.05) is 46.4 Å². The second-order valence-electron chi connectivity index (χ2n) is 4.97. The average Bonchev–Trinajstić information content (AvgIpc) is 2.86. The maximum Gasteiger partial charge on any atom is 0.312 e. The molecule has 6 heteroatoms. The molecule has 104 valence electrons. The van der Waals surface area contributed by atoms with Gasteiger partial charge in [-0.2, -0.15) is 0 Å². The Balaban J connectivity index is 2.17. The van der Waals surface area contributed by atoms with Crippen LogP contribution in [0.1, 0.15) is 25.7 Å². The van der Waals surface area contributed by atoms with Gasteiger partial charge in [-0.3, -0.25) is 10.1 Å². The van der Waals surface area contributed by atoms with E-state index in [4.69, 9.17) is 16.3 Å². The van der Waals surface area contributed by atoms with Crippen molar-refractivity contribution in [3.63, 3.8) is 0 Å². The molecular formula is C13H15BrClNO3.